The van der Waals surface area contributed by atoms with Crippen molar-refractivity contribution in [3.63, 3.8) is 0 Å². The molecule has 2 aromatic carbocycles. The Morgan fingerprint density at radius 3 is 2.57 bits per heavy atom. The average molecular weight is 379 g/mol. The molecule has 6 nitrogen and oxygen atoms in total. The van der Waals surface area contributed by atoms with Gasteiger partial charge in [-0.1, -0.05) is 18.2 Å². The summed E-state index contributed by atoms with van der Waals surface area (Å²) in [4.78, 5) is 12.2. The topological polar surface area (TPSA) is 65.4 Å². The Hall–Kier alpha value is -3.28. The van der Waals surface area contributed by atoms with E-state index in [-0.39, 0.29) is 5.91 Å². The summed E-state index contributed by atoms with van der Waals surface area (Å²) in [6.45, 7) is 4.95. The second-order valence-corrected chi connectivity index (χ2v) is 6.31. The molecule has 0 unspecified atom stereocenters. The smallest absolute Gasteiger partial charge is 0.224 e. The fourth-order valence-electron chi connectivity index (χ4n) is 2.84. The van der Waals surface area contributed by atoms with E-state index in [2.05, 4.69) is 10.4 Å². The van der Waals surface area contributed by atoms with Crippen LogP contribution in [0.25, 0.3) is 5.69 Å². The fourth-order valence-corrected chi connectivity index (χ4v) is 2.84. The number of para-hydroxylation sites is 2. The van der Waals surface area contributed by atoms with E-state index in [1.54, 1.807) is 6.20 Å². The Morgan fingerprint density at radius 2 is 1.86 bits per heavy atom. The van der Waals surface area contributed by atoms with E-state index < -0.39 is 0 Å². The number of carbonyl (C=O) groups excluding carboxylic acids is 1. The predicted octanol–water partition coefficient (Wildman–Crippen LogP) is 4.38. The SMILES string of the molecule is CCOc1ccccc1OCCCC(=O)Nc1cccc(-n2nccc2C)c1. The van der Waals surface area contributed by atoms with Crippen LogP contribution in [0.4, 0.5) is 5.69 Å². The van der Waals surface area contributed by atoms with Crippen LogP contribution in [0, 0.1) is 6.92 Å². The van der Waals surface area contributed by atoms with Gasteiger partial charge in [-0.25, -0.2) is 4.68 Å². The van der Waals surface area contributed by atoms with Gasteiger partial charge in [-0.15, -0.1) is 0 Å². The fraction of sp³-hybridized carbons (Fsp3) is 0.273. The maximum absolute atomic E-state index is 12.2. The highest BCUT2D eigenvalue weighted by Gasteiger charge is 2.07. The van der Waals surface area contributed by atoms with Gasteiger partial charge in [-0.05, 0) is 56.7 Å². The number of aromatic nitrogens is 2. The van der Waals surface area contributed by atoms with Crippen molar-refractivity contribution < 1.29 is 14.3 Å². The van der Waals surface area contributed by atoms with Crippen molar-refractivity contribution in [2.75, 3.05) is 18.5 Å². The standard InChI is InChI=1S/C22H25N3O3/c1-3-27-20-10-4-5-11-21(20)28-15-7-12-22(26)24-18-8-6-9-19(16-18)25-17(2)13-14-23-25/h4-6,8-11,13-14,16H,3,7,12,15H2,1-2H3,(H,24,26). The van der Waals surface area contributed by atoms with E-state index in [1.165, 1.54) is 0 Å². The van der Waals surface area contributed by atoms with Gasteiger partial charge in [-0.2, -0.15) is 5.10 Å². The Labute approximate surface area is 165 Å². The van der Waals surface area contributed by atoms with E-state index >= 15 is 0 Å². The Morgan fingerprint density at radius 1 is 1.07 bits per heavy atom. The number of hydrogen-bond acceptors (Lipinski definition) is 4. The molecule has 0 saturated carbocycles. The largest absolute Gasteiger partial charge is 0.490 e. The number of benzene rings is 2. The summed E-state index contributed by atoms with van der Waals surface area (Å²) in [5.74, 6) is 1.38. The number of rotatable bonds is 9. The minimum atomic E-state index is -0.0453. The molecule has 0 aliphatic carbocycles. The molecule has 0 radical (unpaired) electrons. The molecule has 3 rings (SSSR count). The summed E-state index contributed by atoms with van der Waals surface area (Å²) >= 11 is 0. The molecule has 0 saturated heterocycles. The van der Waals surface area contributed by atoms with Crippen LogP contribution in [0.15, 0.2) is 60.8 Å². The minimum absolute atomic E-state index is 0.0453. The number of amides is 1. The third kappa shape index (κ3) is 5.13. The van der Waals surface area contributed by atoms with Crippen molar-refractivity contribution in [3.8, 4) is 17.2 Å². The summed E-state index contributed by atoms with van der Waals surface area (Å²) < 4.78 is 13.1. The highest BCUT2D eigenvalue weighted by molar-refractivity contribution is 5.90. The van der Waals surface area contributed by atoms with Gasteiger partial charge >= 0.3 is 0 Å². The number of aryl methyl sites for hydroxylation is 1. The third-order valence-corrected chi connectivity index (χ3v) is 4.16. The van der Waals surface area contributed by atoms with Crippen molar-refractivity contribution in [2.45, 2.75) is 26.7 Å². The third-order valence-electron chi connectivity index (χ3n) is 4.16. The molecule has 0 aliphatic heterocycles. The van der Waals surface area contributed by atoms with Gasteiger partial charge in [-0.3, -0.25) is 4.79 Å². The lowest BCUT2D eigenvalue weighted by Gasteiger charge is -2.12. The van der Waals surface area contributed by atoms with Crippen LogP contribution in [0.3, 0.4) is 0 Å². The van der Waals surface area contributed by atoms with Crippen molar-refractivity contribution in [3.05, 3.63) is 66.5 Å². The van der Waals surface area contributed by atoms with Gasteiger partial charge in [0.15, 0.2) is 11.5 Å². The molecule has 28 heavy (non-hydrogen) atoms. The van der Waals surface area contributed by atoms with Gasteiger partial charge in [0.25, 0.3) is 0 Å². The van der Waals surface area contributed by atoms with Crippen molar-refractivity contribution in [1.82, 2.24) is 9.78 Å². The zero-order valence-electron chi connectivity index (χ0n) is 16.2. The predicted molar refractivity (Wildman–Crippen MR) is 109 cm³/mol. The molecule has 1 heterocycles. The first-order chi connectivity index (χ1) is 13.7. The van der Waals surface area contributed by atoms with Crippen LogP contribution in [0.5, 0.6) is 11.5 Å². The molecule has 0 fully saturated rings. The first-order valence-corrected chi connectivity index (χ1v) is 9.43. The van der Waals surface area contributed by atoms with E-state index in [0.717, 1.165) is 22.8 Å². The van der Waals surface area contributed by atoms with Crippen molar-refractivity contribution in [2.24, 2.45) is 0 Å². The number of nitrogens with zero attached hydrogens (tertiary/aromatic N) is 2. The van der Waals surface area contributed by atoms with Crippen LogP contribution < -0.4 is 14.8 Å². The highest BCUT2D eigenvalue weighted by atomic mass is 16.5. The van der Waals surface area contributed by atoms with Gasteiger partial charge in [0.1, 0.15) is 0 Å². The van der Waals surface area contributed by atoms with Gasteiger partial charge in [0, 0.05) is 24.0 Å². The maximum atomic E-state index is 12.2. The number of anilines is 1. The van der Waals surface area contributed by atoms with Crippen LogP contribution >= 0.6 is 0 Å². The quantitative estimate of drug-likeness (QED) is 0.561. The minimum Gasteiger partial charge on any atom is -0.490 e. The lowest BCUT2D eigenvalue weighted by Crippen LogP contribution is -2.13. The Kier molecular flexibility index (Phi) is 6.68. The van der Waals surface area contributed by atoms with Crippen molar-refractivity contribution in [1.29, 1.82) is 0 Å². The molecule has 1 amide bonds. The monoisotopic (exact) mass is 379 g/mol. The molecule has 6 heteroatoms. The van der Waals surface area contributed by atoms with Crippen LogP contribution in [-0.4, -0.2) is 28.9 Å². The summed E-state index contributed by atoms with van der Waals surface area (Å²) in [6.07, 6.45) is 2.75. The van der Waals surface area contributed by atoms with Gasteiger partial charge < -0.3 is 14.8 Å². The van der Waals surface area contributed by atoms with Gasteiger partial charge in [0.05, 0.1) is 18.9 Å². The molecule has 1 N–H and O–H groups in total. The number of carbonyl (C=O) groups is 1. The Bertz CT molecular complexity index is 921. The lowest BCUT2D eigenvalue weighted by atomic mass is 10.2. The van der Waals surface area contributed by atoms with Gasteiger partial charge in [0.2, 0.25) is 5.91 Å². The zero-order valence-corrected chi connectivity index (χ0v) is 16.2. The second kappa shape index (κ2) is 9.60. The molecular formula is C22H25N3O3. The second-order valence-electron chi connectivity index (χ2n) is 6.31. The van der Waals surface area contributed by atoms with Crippen LogP contribution in [0.2, 0.25) is 0 Å². The number of hydrogen-bond donors (Lipinski definition) is 1. The average Bonchev–Trinajstić information content (AvgIpc) is 3.13. The molecular weight excluding hydrogens is 354 g/mol. The summed E-state index contributed by atoms with van der Waals surface area (Å²) in [7, 11) is 0. The molecule has 146 valence electrons. The van der Waals surface area contributed by atoms with E-state index in [9.17, 15) is 4.79 Å². The number of nitrogens with one attached hydrogen (secondary N) is 1. The molecule has 0 spiro atoms. The lowest BCUT2D eigenvalue weighted by molar-refractivity contribution is -0.116. The molecule has 0 atom stereocenters. The van der Waals surface area contributed by atoms with E-state index in [4.69, 9.17) is 9.47 Å². The summed E-state index contributed by atoms with van der Waals surface area (Å²) in [5.41, 5.74) is 2.70. The molecule has 1 aromatic heterocycles. The normalized spacial score (nSPS) is 10.5. The highest BCUT2D eigenvalue weighted by Crippen LogP contribution is 2.26. The van der Waals surface area contributed by atoms with E-state index in [1.807, 2.05) is 73.1 Å². The summed E-state index contributed by atoms with van der Waals surface area (Å²) in [5, 5.41) is 7.23. The van der Waals surface area contributed by atoms with Crippen LogP contribution in [0.1, 0.15) is 25.5 Å². The molecule has 0 aliphatic rings. The zero-order chi connectivity index (χ0) is 19.8. The molecule has 3 aromatic rings. The van der Waals surface area contributed by atoms with Crippen molar-refractivity contribution >= 4 is 11.6 Å². The maximum Gasteiger partial charge on any atom is 0.224 e. The Balaban J connectivity index is 1.48. The van der Waals surface area contributed by atoms with E-state index in [0.29, 0.717) is 31.8 Å². The van der Waals surface area contributed by atoms with Crippen LogP contribution in [-0.2, 0) is 4.79 Å². The summed E-state index contributed by atoms with van der Waals surface area (Å²) in [6, 6.07) is 17.1. The number of ether oxygens (including phenoxy) is 2. The first-order valence-electron chi connectivity index (χ1n) is 9.43. The first kappa shape index (κ1) is 19.5. The molecule has 0 bridgehead atoms.